The normalized spacial score (nSPS) is 11.9. The van der Waals surface area contributed by atoms with Crippen molar-refractivity contribution < 1.29 is 22.0 Å². The second kappa shape index (κ2) is 4.87. The maximum absolute atomic E-state index is 12.7. The number of halogens is 5. The van der Waals surface area contributed by atoms with Gasteiger partial charge in [-0.25, -0.2) is 18.7 Å². The van der Waals surface area contributed by atoms with Crippen molar-refractivity contribution in [2.45, 2.75) is 12.6 Å². The van der Waals surface area contributed by atoms with Crippen LogP contribution in [0.4, 0.5) is 22.0 Å². The van der Waals surface area contributed by atoms with Crippen LogP contribution in [0.5, 0.6) is 0 Å². The van der Waals surface area contributed by atoms with Gasteiger partial charge in [0, 0.05) is 29.7 Å². The third-order valence-electron chi connectivity index (χ3n) is 2.25. The number of rotatable bonds is 2. The van der Waals surface area contributed by atoms with Crippen LogP contribution in [0.3, 0.4) is 0 Å². The standard InChI is InChI=1S/C11H5F5N3/c12-9(13)8-5-17-2-1-7(8)6-3-18-10(19-4-6)11(14,15)16/h1,3-5,9H. The monoisotopic (exact) mass is 274 g/mol. The Hall–Kier alpha value is -2.12. The second-order valence-electron chi connectivity index (χ2n) is 3.49. The molecular formula is C11H5F5N3. The van der Waals surface area contributed by atoms with Crippen LogP contribution >= 0.6 is 0 Å². The van der Waals surface area contributed by atoms with Gasteiger partial charge in [-0.3, -0.25) is 4.98 Å². The van der Waals surface area contributed by atoms with Gasteiger partial charge in [-0.1, -0.05) is 0 Å². The van der Waals surface area contributed by atoms with E-state index in [1.54, 1.807) is 0 Å². The van der Waals surface area contributed by atoms with Gasteiger partial charge in [-0.15, -0.1) is 0 Å². The fourth-order valence-electron chi connectivity index (χ4n) is 1.40. The smallest absolute Gasteiger partial charge is 0.254 e. The Labute approximate surface area is 104 Å². The van der Waals surface area contributed by atoms with E-state index in [-0.39, 0.29) is 11.1 Å². The lowest BCUT2D eigenvalue weighted by Crippen LogP contribution is -2.10. The summed E-state index contributed by atoms with van der Waals surface area (Å²) in [5.41, 5.74) is -0.372. The van der Waals surface area contributed by atoms with Crippen LogP contribution in [0, 0.1) is 6.20 Å². The van der Waals surface area contributed by atoms with E-state index in [4.69, 9.17) is 0 Å². The van der Waals surface area contributed by atoms with E-state index in [1.165, 1.54) is 0 Å². The van der Waals surface area contributed by atoms with Crippen molar-refractivity contribution in [2.24, 2.45) is 0 Å². The summed E-state index contributed by atoms with van der Waals surface area (Å²) >= 11 is 0. The van der Waals surface area contributed by atoms with Gasteiger partial charge in [-0.05, 0) is 11.6 Å². The Morgan fingerprint density at radius 3 is 2.21 bits per heavy atom. The number of hydrogen-bond acceptors (Lipinski definition) is 3. The summed E-state index contributed by atoms with van der Waals surface area (Å²) in [6.07, 6.45) is -2.56. The average molecular weight is 274 g/mol. The summed E-state index contributed by atoms with van der Waals surface area (Å²) in [5.74, 6) is -1.33. The molecule has 0 bridgehead atoms. The molecule has 0 aliphatic rings. The van der Waals surface area contributed by atoms with Crippen molar-refractivity contribution in [2.75, 3.05) is 0 Å². The molecule has 99 valence electrons. The molecule has 0 aliphatic carbocycles. The first-order valence-electron chi connectivity index (χ1n) is 4.93. The highest BCUT2D eigenvalue weighted by molar-refractivity contribution is 5.65. The zero-order chi connectivity index (χ0) is 14.0. The van der Waals surface area contributed by atoms with E-state index in [2.05, 4.69) is 21.1 Å². The van der Waals surface area contributed by atoms with Gasteiger partial charge in [0.25, 0.3) is 6.43 Å². The largest absolute Gasteiger partial charge is 0.451 e. The Morgan fingerprint density at radius 1 is 1.05 bits per heavy atom. The van der Waals surface area contributed by atoms with E-state index in [1.807, 2.05) is 0 Å². The molecule has 2 aromatic heterocycles. The summed E-state index contributed by atoms with van der Waals surface area (Å²) in [6, 6.07) is 1.15. The molecule has 0 unspecified atom stereocenters. The summed E-state index contributed by atoms with van der Waals surface area (Å²) in [5, 5.41) is 0. The molecule has 0 aliphatic heterocycles. The minimum atomic E-state index is -4.67. The molecule has 2 aromatic rings. The van der Waals surface area contributed by atoms with Crippen LogP contribution in [0.1, 0.15) is 17.8 Å². The number of hydrogen-bond donors (Lipinski definition) is 0. The third kappa shape index (κ3) is 2.83. The van der Waals surface area contributed by atoms with Crippen molar-refractivity contribution in [1.29, 1.82) is 0 Å². The molecule has 0 N–H and O–H groups in total. The number of aromatic nitrogens is 3. The number of pyridine rings is 1. The quantitative estimate of drug-likeness (QED) is 0.789. The van der Waals surface area contributed by atoms with E-state index in [0.29, 0.717) is 0 Å². The zero-order valence-corrected chi connectivity index (χ0v) is 9.12. The highest BCUT2D eigenvalue weighted by Crippen LogP contribution is 2.31. The molecule has 0 atom stereocenters. The van der Waals surface area contributed by atoms with E-state index in [0.717, 1.165) is 24.7 Å². The van der Waals surface area contributed by atoms with Gasteiger partial charge >= 0.3 is 6.18 Å². The molecular weight excluding hydrogens is 269 g/mol. The van der Waals surface area contributed by atoms with Crippen LogP contribution in [-0.4, -0.2) is 15.0 Å². The molecule has 2 heterocycles. The molecule has 0 aromatic carbocycles. The predicted molar refractivity (Wildman–Crippen MR) is 54.1 cm³/mol. The van der Waals surface area contributed by atoms with Crippen LogP contribution in [-0.2, 0) is 6.18 Å². The zero-order valence-electron chi connectivity index (χ0n) is 9.12. The Balaban J connectivity index is 2.43. The SMILES string of the molecule is FC(F)c1cn[c]cc1-c1cnc(C(F)(F)F)nc1. The highest BCUT2D eigenvalue weighted by Gasteiger charge is 2.34. The fourth-order valence-corrected chi connectivity index (χ4v) is 1.40. The van der Waals surface area contributed by atoms with Crippen molar-refractivity contribution in [3.8, 4) is 11.1 Å². The lowest BCUT2D eigenvalue weighted by molar-refractivity contribution is -0.144. The van der Waals surface area contributed by atoms with Gasteiger partial charge in [0.15, 0.2) is 0 Å². The minimum absolute atomic E-state index is 0.00118. The van der Waals surface area contributed by atoms with Crippen molar-refractivity contribution in [3.05, 3.63) is 42.2 Å². The van der Waals surface area contributed by atoms with E-state index in [9.17, 15) is 22.0 Å². The van der Waals surface area contributed by atoms with Crippen molar-refractivity contribution in [3.63, 3.8) is 0 Å². The maximum atomic E-state index is 12.7. The fraction of sp³-hybridized carbons (Fsp3) is 0.182. The topological polar surface area (TPSA) is 38.7 Å². The molecule has 8 heteroatoms. The van der Waals surface area contributed by atoms with Gasteiger partial charge in [0.05, 0.1) is 6.20 Å². The van der Waals surface area contributed by atoms with Gasteiger partial charge < -0.3 is 0 Å². The third-order valence-corrected chi connectivity index (χ3v) is 2.25. The van der Waals surface area contributed by atoms with Gasteiger partial charge in [0.2, 0.25) is 5.82 Å². The maximum Gasteiger partial charge on any atom is 0.451 e. The molecule has 0 fully saturated rings. The van der Waals surface area contributed by atoms with E-state index >= 15 is 0 Å². The highest BCUT2D eigenvalue weighted by atomic mass is 19.4. The summed E-state index contributed by atoms with van der Waals surface area (Å²) < 4.78 is 62.2. The van der Waals surface area contributed by atoms with Crippen LogP contribution < -0.4 is 0 Å². The van der Waals surface area contributed by atoms with Crippen LogP contribution in [0.2, 0.25) is 0 Å². The average Bonchev–Trinajstić information content (AvgIpc) is 2.38. The Bertz CT molecular complexity index is 565. The van der Waals surface area contributed by atoms with Crippen LogP contribution in [0.25, 0.3) is 11.1 Å². The van der Waals surface area contributed by atoms with Crippen molar-refractivity contribution >= 4 is 0 Å². The van der Waals surface area contributed by atoms with E-state index < -0.39 is 24.0 Å². The molecule has 1 radical (unpaired) electrons. The number of alkyl halides is 5. The van der Waals surface area contributed by atoms with Gasteiger partial charge in [0.1, 0.15) is 0 Å². The first-order valence-corrected chi connectivity index (χ1v) is 4.93. The van der Waals surface area contributed by atoms with Crippen LogP contribution in [0.15, 0.2) is 24.7 Å². The minimum Gasteiger partial charge on any atom is -0.254 e. The lowest BCUT2D eigenvalue weighted by Gasteiger charge is -2.08. The molecule has 0 saturated heterocycles. The molecule has 0 spiro atoms. The molecule has 0 amide bonds. The predicted octanol–water partition coefficient (Wildman–Crippen LogP) is 3.30. The molecule has 3 nitrogen and oxygen atoms in total. The Morgan fingerprint density at radius 2 is 1.68 bits per heavy atom. The summed E-state index contributed by atoms with van der Waals surface area (Å²) in [7, 11) is 0. The molecule has 19 heavy (non-hydrogen) atoms. The second-order valence-corrected chi connectivity index (χ2v) is 3.49. The first-order chi connectivity index (χ1) is 8.89. The summed E-state index contributed by atoms with van der Waals surface area (Å²) in [6.45, 7) is 0. The molecule has 0 saturated carbocycles. The Kier molecular flexibility index (Phi) is 3.41. The summed E-state index contributed by atoms with van der Waals surface area (Å²) in [4.78, 5) is 9.65. The lowest BCUT2D eigenvalue weighted by atomic mass is 10.1. The number of nitrogens with zero attached hydrogens (tertiary/aromatic N) is 3. The van der Waals surface area contributed by atoms with Gasteiger partial charge in [-0.2, -0.15) is 13.2 Å². The van der Waals surface area contributed by atoms with Crippen molar-refractivity contribution in [1.82, 2.24) is 15.0 Å². The molecule has 2 rings (SSSR count). The first kappa shape index (κ1) is 13.3.